The predicted octanol–water partition coefficient (Wildman–Crippen LogP) is -5.74. The van der Waals surface area contributed by atoms with Gasteiger partial charge in [0, 0.05) is 5.41 Å². The molecule has 0 saturated heterocycles. The molecule has 10 heteroatoms. The molecule has 19 heavy (non-hydrogen) atoms. The normalized spacial score (nSPS) is 11.7. The molecule has 1 aromatic carbocycles. The van der Waals surface area contributed by atoms with E-state index in [4.69, 9.17) is 0 Å². The summed E-state index contributed by atoms with van der Waals surface area (Å²) in [5.41, 5.74) is 0.707. The fraction of sp³-hybridized carbons (Fsp3) is 0.111. The van der Waals surface area contributed by atoms with Crippen LogP contribution in [-0.4, -0.2) is 25.9 Å². The predicted molar refractivity (Wildman–Crippen MR) is 58.6 cm³/mol. The molecule has 0 fully saturated rings. The molecule has 0 aliphatic carbocycles. The van der Waals surface area contributed by atoms with Crippen LogP contribution in [0.25, 0.3) is 6.08 Å². The smallest absolute Gasteiger partial charge is 0.748 e. The van der Waals surface area contributed by atoms with E-state index in [2.05, 4.69) is 0 Å². The molecule has 0 aromatic heterocycles. The van der Waals surface area contributed by atoms with Crippen LogP contribution in [0.2, 0.25) is 0 Å². The third-order valence-electron chi connectivity index (χ3n) is 1.75. The van der Waals surface area contributed by atoms with E-state index in [1.165, 1.54) is 24.3 Å². The molecule has 0 aliphatic heterocycles. The van der Waals surface area contributed by atoms with Gasteiger partial charge in [0.05, 0.1) is 15.9 Å². The Balaban J connectivity index is 0. The van der Waals surface area contributed by atoms with Crippen molar-refractivity contribution in [1.29, 1.82) is 0 Å². The SMILES string of the molecule is O=S(=O)([O-])C=Cc1ccc(CS(=O)(=O)[O-])cc1.[Na+].[Na+]. The minimum Gasteiger partial charge on any atom is -0.748 e. The van der Waals surface area contributed by atoms with Crippen molar-refractivity contribution in [1.82, 2.24) is 0 Å². The molecule has 0 amide bonds. The van der Waals surface area contributed by atoms with Gasteiger partial charge in [-0.25, -0.2) is 16.8 Å². The average molecular weight is 322 g/mol. The summed E-state index contributed by atoms with van der Waals surface area (Å²) in [7, 11) is -8.78. The summed E-state index contributed by atoms with van der Waals surface area (Å²) >= 11 is 0. The number of rotatable bonds is 4. The van der Waals surface area contributed by atoms with Gasteiger partial charge in [0.25, 0.3) is 0 Å². The Hall–Kier alpha value is 0.780. The molecule has 0 bridgehead atoms. The first kappa shape index (κ1) is 22.1. The molecule has 6 nitrogen and oxygen atoms in total. The molecule has 1 aromatic rings. The van der Waals surface area contributed by atoms with E-state index < -0.39 is 26.0 Å². The Bertz CT molecular complexity index is 619. The van der Waals surface area contributed by atoms with Crippen LogP contribution in [0.4, 0.5) is 0 Å². The molecular weight excluding hydrogens is 314 g/mol. The van der Waals surface area contributed by atoms with Gasteiger partial charge >= 0.3 is 59.1 Å². The van der Waals surface area contributed by atoms with Crippen LogP contribution in [0, 0.1) is 0 Å². The van der Waals surface area contributed by atoms with Crippen LogP contribution >= 0.6 is 0 Å². The van der Waals surface area contributed by atoms with Gasteiger partial charge in [-0.3, -0.25) is 0 Å². The van der Waals surface area contributed by atoms with Crippen LogP contribution in [0.15, 0.2) is 29.7 Å². The summed E-state index contributed by atoms with van der Waals surface area (Å²) in [4.78, 5) is 0. The van der Waals surface area contributed by atoms with Gasteiger partial charge in [-0.15, -0.1) is 0 Å². The van der Waals surface area contributed by atoms with Gasteiger partial charge in [0.1, 0.15) is 10.1 Å². The van der Waals surface area contributed by atoms with Gasteiger partial charge in [-0.2, -0.15) is 0 Å². The minimum absolute atomic E-state index is 0. The zero-order valence-electron chi connectivity index (χ0n) is 10.4. The standard InChI is InChI=1S/C9H10O6S2.2Na/c10-16(11,12)6-5-8-1-3-9(4-2-8)7-17(13,14)15;;/h1-6H,7H2,(H,10,11,12)(H,13,14,15);;/q;2*+1/p-2. The first-order chi connectivity index (χ1) is 7.66. The largest absolute Gasteiger partial charge is 1.00 e. The third-order valence-corrected chi connectivity index (χ3v) is 2.91. The van der Waals surface area contributed by atoms with Gasteiger partial charge < -0.3 is 9.11 Å². The second kappa shape index (κ2) is 8.93. The fourth-order valence-electron chi connectivity index (χ4n) is 1.09. The van der Waals surface area contributed by atoms with E-state index in [1.807, 2.05) is 0 Å². The van der Waals surface area contributed by atoms with E-state index in [0.29, 0.717) is 16.5 Å². The minimum atomic E-state index is -4.44. The van der Waals surface area contributed by atoms with Crippen LogP contribution in [0.1, 0.15) is 11.1 Å². The third kappa shape index (κ3) is 11.1. The molecule has 1 rings (SSSR count). The van der Waals surface area contributed by atoms with Crippen molar-refractivity contribution in [3.05, 3.63) is 40.8 Å². The molecule has 0 radical (unpaired) electrons. The maximum Gasteiger partial charge on any atom is 1.00 e. The van der Waals surface area contributed by atoms with Crippen molar-refractivity contribution in [2.24, 2.45) is 0 Å². The Morgan fingerprint density at radius 1 is 0.947 bits per heavy atom. The van der Waals surface area contributed by atoms with E-state index in [0.717, 1.165) is 6.08 Å². The first-order valence-electron chi connectivity index (χ1n) is 4.32. The van der Waals surface area contributed by atoms with Crippen LogP contribution in [0.5, 0.6) is 0 Å². The maximum atomic E-state index is 10.5. The average Bonchev–Trinajstić information content (AvgIpc) is 2.13. The van der Waals surface area contributed by atoms with Crippen molar-refractivity contribution >= 4 is 26.3 Å². The molecule has 0 N–H and O–H groups in total. The van der Waals surface area contributed by atoms with Gasteiger partial charge in [0.2, 0.25) is 0 Å². The van der Waals surface area contributed by atoms with E-state index in [1.54, 1.807) is 0 Å². The monoisotopic (exact) mass is 322 g/mol. The van der Waals surface area contributed by atoms with Crippen molar-refractivity contribution in [3.63, 3.8) is 0 Å². The zero-order chi connectivity index (χ0) is 13.1. The first-order valence-corrected chi connectivity index (χ1v) is 7.37. The zero-order valence-corrected chi connectivity index (χ0v) is 16.1. The van der Waals surface area contributed by atoms with Crippen molar-refractivity contribution in [3.8, 4) is 0 Å². The number of benzene rings is 1. The molecule has 0 spiro atoms. The van der Waals surface area contributed by atoms with Crippen molar-refractivity contribution in [2.75, 3.05) is 0 Å². The molecule has 0 atom stereocenters. The number of hydrogen-bond donors (Lipinski definition) is 0. The van der Waals surface area contributed by atoms with Crippen LogP contribution < -0.4 is 59.1 Å². The summed E-state index contributed by atoms with van der Waals surface area (Å²) in [6.45, 7) is 0. The summed E-state index contributed by atoms with van der Waals surface area (Å²) < 4.78 is 62.2. The topological polar surface area (TPSA) is 114 Å². The van der Waals surface area contributed by atoms with Gasteiger partial charge in [-0.1, -0.05) is 24.3 Å². The van der Waals surface area contributed by atoms with Crippen molar-refractivity contribution in [2.45, 2.75) is 5.75 Å². The molecule has 0 unspecified atom stereocenters. The summed E-state index contributed by atoms with van der Waals surface area (Å²) in [6.07, 6.45) is 1.08. The Kier molecular flexibility index (Phi) is 10.4. The molecular formula is C9H8Na2O6S2. The number of hydrogen-bond acceptors (Lipinski definition) is 6. The van der Waals surface area contributed by atoms with Crippen LogP contribution in [0.3, 0.4) is 0 Å². The molecule has 0 aliphatic rings. The van der Waals surface area contributed by atoms with E-state index in [9.17, 15) is 25.9 Å². The summed E-state index contributed by atoms with van der Waals surface area (Å²) in [5.74, 6) is -0.628. The Morgan fingerprint density at radius 2 is 1.42 bits per heavy atom. The van der Waals surface area contributed by atoms with Gasteiger partial charge in [0.15, 0.2) is 0 Å². The van der Waals surface area contributed by atoms with E-state index in [-0.39, 0.29) is 59.1 Å². The Labute approximate surface area is 156 Å². The fourth-order valence-corrected chi connectivity index (χ4v) is 2.02. The Morgan fingerprint density at radius 3 is 1.79 bits per heavy atom. The van der Waals surface area contributed by atoms with Gasteiger partial charge in [-0.05, 0) is 17.2 Å². The van der Waals surface area contributed by atoms with Crippen LogP contribution in [-0.2, 0) is 26.0 Å². The second-order valence-electron chi connectivity index (χ2n) is 3.24. The van der Waals surface area contributed by atoms with E-state index >= 15 is 0 Å². The molecule has 0 saturated carbocycles. The summed E-state index contributed by atoms with van der Waals surface area (Å²) in [6, 6.07) is 5.55. The summed E-state index contributed by atoms with van der Waals surface area (Å²) in [5, 5.41) is 0.492. The second-order valence-corrected chi connectivity index (χ2v) is 5.90. The maximum absolute atomic E-state index is 10.5. The van der Waals surface area contributed by atoms with Crippen molar-refractivity contribution < 1.29 is 85.1 Å². The molecule has 94 valence electrons. The quantitative estimate of drug-likeness (QED) is 0.403. The molecule has 0 heterocycles.